The van der Waals surface area contributed by atoms with Crippen LogP contribution >= 0.6 is 0 Å². The number of nitrogens with zero attached hydrogens (tertiary/aromatic N) is 2. The lowest BCUT2D eigenvalue weighted by Gasteiger charge is -2.26. The van der Waals surface area contributed by atoms with E-state index < -0.39 is 24.0 Å². The highest BCUT2D eigenvalue weighted by atomic mass is 16.4. The summed E-state index contributed by atoms with van der Waals surface area (Å²) >= 11 is 0. The van der Waals surface area contributed by atoms with Crippen LogP contribution in [0.4, 0.5) is 5.69 Å². The molecule has 0 aliphatic carbocycles. The Bertz CT molecular complexity index is 1100. The van der Waals surface area contributed by atoms with Gasteiger partial charge in [-0.15, -0.1) is 0 Å². The number of nitrogens with one attached hydrogen (secondary N) is 1. The number of hydrogen-bond acceptors (Lipinski definition) is 5. The smallest absolute Gasteiger partial charge is 0.326 e. The molecule has 9 heteroatoms. The Morgan fingerprint density at radius 3 is 2.15 bits per heavy atom. The monoisotopic (exact) mass is 463 g/mol. The zero-order chi connectivity index (χ0) is 24.2. The van der Waals surface area contributed by atoms with Gasteiger partial charge in [0.2, 0.25) is 23.6 Å². The lowest BCUT2D eigenvalue weighted by Crippen LogP contribution is -2.50. The second-order valence-electron chi connectivity index (χ2n) is 8.45. The summed E-state index contributed by atoms with van der Waals surface area (Å²) < 4.78 is 0. The van der Waals surface area contributed by atoms with Gasteiger partial charge in [0.25, 0.3) is 0 Å². The van der Waals surface area contributed by atoms with E-state index in [9.17, 15) is 29.1 Å². The summed E-state index contributed by atoms with van der Waals surface area (Å²) in [5.74, 6) is -2.36. The van der Waals surface area contributed by atoms with Gasteiger partial charge in [0.05, 0.1) is 5.69 Å². The lowest BCUT2D eigenvalue weighted by molar-refractivity contribution is -0.143. The Morgan fingerprint density at radius 1 is 0.882 bits per heavy atom. The molecule has 0 spiro atoms. The zero-order valence-electron chi connectivity index (χ0n) is 18.5. The van der Waals surface area contributed by atoms with Crippen molar-refractivity contribution in [3.05, 3.63) is 65.7 Å². The first-order valence-corrected chi connectivity index (χ1v) is 11.1. The molecular weight excluding hydrogens is 438 g/mol. The van der Waals surface area contributed by atoms with Crippen LogP contribution in [0.1, 0.15) is 36.8 Å². The largest absolute Gasteiger partial charge is 0.480 e. The first-order valence-electron chi connectivity index (χ1n) is 11.1. The molecule has 2 aromatic rings. The van der Waals surface area contributed by atoms with Crippen LogP contribution in [0.5, 0.6) is 0 Å². The second kappa shape index (κ2) is 9.86. The predicted octanol–water partition coefficient (Wildman–Crippen LogP) is 1.64. The van der Waals surface area contributed by atoms with E-state index in [1.54, 1.807) is 24.3 Å². The van der Waals surface area contributed by atoms with E-state index in [0.717, 1.165) is 10.5 Å². The summed E-state index contributed by atoms with van der Waals surface area (Å²) in [5, 5.41) is 12.3. The minimum absolute atomic E-state index is 0.0165. The Kier molecular flexibility index (Phi) is 6.72. The summed E-state index contributed by atoms with van der Waals surface area (Å²) in [7, 11) is 0. The molecule has 2 fully saturated rings. The van der Waals surface area contributed by atoms with E-state index in [1.165, 1.54) is 4.90 Å². The fourth-order valence-corrected chi connectivity index (χ4v) is 4.33. The van der Waals surface area contributed by atoms with Crippen LogP contribution in [0.25, 0.3) is 0 Å². The van der Waals surface area contributed by atoms with Gasteiger partial charge in [-0.05, 0) is 29.7 Å². The van der Waals surface area contributed by atoms with E-state index in [-0.39, 0.29) is 49.9 Å². The number of likely N-dealkylation sites (tertiary alicyclic amines) is 1. The van der Waals surface area contributed by atoms with Crippen molar-refractivity contribution >= 4 is 35.3 Å². The fourth-order valence-electron chi connectivity index (χ4n) is 4.33. The summed E-state index contributed by atoms with van der Waals surface area (Å²) in [6, 6.07) is 13.8. The SMILES string of the molecule is O=C(O)[C@H](Cc1ccc(N2C(=O)CCC2=O)cc1)NC(=O)[C@@H]1CCC(=O)N1Cc1ccccc1. The average Bonchev–Trinajstić information content (AvgIpc) is 3.35. The fraction of sp³-hybridized carbons (Fsp3) is 0.320. The number of imide groups is 1. The van der Waals surface area contributed by atoms with Crippen molar-refractivity contribution in [3.63, 3.8) is 0 Å². The highest BCUT2D eigenvalue weighted by Crippen LogP contribution is 2.24. The van der Waals surface area contributed by atoms with Crippen LogP contribution in [0.15, 0.2) is 54.6 Å². The molecule has 0 bridgehead atoms. The Balaban J connectivity index is 1.42. The number of aliphatic carboxylic acids is 1. The van der Waals surface area contributed by atoms with Gasteiger partial charge in [-0.25, -0.2) is 4.79 Å². The average molecular weight is 463 g/mol. The predicted molar refractivity (Wildman–Crippen MR) is 121 cm³/mol. The van der Waals surface area contributed by atoms with E-state index in [1.807, 2.05) is 30.3 Å². The molecule has 0 aromatic heterocycles. The number of carbonyl (C=O) groups is 5. The number of hydrogen-bond donors (Lipinski definition) is 2. The van der Waals surface area contributed by atoms with Crippen LogP contribution in [-0.4, -0.2) is 51.7 Å². The molecule has 9 nitrogen and oxygen atoms in total. The number of amides is 4. The van der Waals surface area contributed by atoms with Gasteiger partial charge in [0, 0.05) is 32.2 Å². The van der Waals surface area contributed by atoms with Gasteiger partial charge in [-0.1, -0.05) is 42.5 Å². The summed E-state index contributed by atoms with van der Waals surface area (Å²) in [6.45, 7) is 0.283. The Morgan fingerprint density at radius 2 is 1.53 bits per heavy atom. The molecule has 2 aliphatic rings. The van der Waals surface area contributed by atoms with Crippen LogP contribution in [0.2, 0.25) is 0 Å². The van der Waals surface area contributed by atoms with E-state index in [4.69, 9.17) is 0 Å². The van der Waals surface area contributed by atoms with E-state index in [0.29, 0.717) is 17.7 Å². The molecule has 34 heavy (non-hydrogen) atoms. The van der Waals surface area contributed by atoms with Gasteiger partial charge in [-0.3, -0.25) is 24.1 Å². The molecule has 176 valence electrons. The van der Waals surface area contributed by atoms with Gasteiger partial charge >= 0.3 is 5.97 Å². The first-order chi connectivity index (χ1) is 16.3. The topological polar surface area (TPSA) is 124 Å². The third-order valence-electron chi connectivity index (χ3n) is 6.13. The van der Waals surface area contributed by atoms with Crippen molar-refractivity contribution in [2.24, 2.45) is 0 Å². The van der Waals surface area contributed by atoms with Crippen molar-refractivity contribution in [3.8, 4) is 0 Å². The van der Waals surface area contributed by atoms with E-state index in [2.05, 4.69) is 5.32 Å². The van der Waals surface area contributed by atoms with Crippen molar-refractivity contribution in [2.75, 3.05) is 4.90 Å². The first kappa shape index (κ1) is 23.2. The number of carboxylic acid groups (broad SMARTS) is 1. The molecule has 2 heterocycles. The van der Waals surface area contributed by atoms with E-state index >= 15 is 0 Å². The maximum Gasteiger partial charge on any atom is 0.326 e. The minimum Gasteiger partial charge on any atom is -0.480 e. The van der Waals surface area contributed by atoms with Gasteiger partial charge < -0.3 is 15.3 Å². The molecule has 4 rings (SSSR count). The molecule has 0 saturated carbocycles. The summed E-state index contributed by atoms with van der Waals surface area (Å²) in [6.07, 6.45) is 0.939. The quantitative estimate of drug-likeness (QED) is 0.574. The van der Waals surface area contributed by atoms with Crippen LogP contribution in [0.3, 0.4) is 0 Å². The Labute approximate surface area is 196 Å². The lowest BCUT2D eigenvalue weighted by atomic mass is 10.0. The molecule has 4 amide bonds. The minimum atomic E-state index is -1.19. The maximum atomic E-state index is 12.9. The second-order valence-corrected chi connectivity index (χ2v) is 8.45. The highest BCUT2D eigenvalue weighted by molar-refractivity contribution is 6.19. The molecule has 0 radical (unpaired) electrons. The van der Waals surface area contributed by atoms with Crippen molar-refractivity contribution in [1.82, 2.24) is 10.2 Å². The molecular formula is C25H25N3O6. The molecule has 2 aromatic carbocycles. The Hall–Kier alpha value is -4.01. The number of anilines is 1. The van der Waals surface area contributed by atoms with Crippen molar-refractivity contribution in [2.45, 2.75) is 50.7 Å². The molecule has 2 N–H and O–H groups in total. The normalized spacial score (nSPS) is 18.9. The van der Waals surface area contributed by atoms with Crippen LogP contribution < -0.4 is 10.2 Å². The number of carboxylic acids is 1. The maximum absolute atomic E-state index is 12.9. The number of carbonyl (C=O) groups excluding carboxylic acids is 4. The van der Waals surface area contributed by atoms with Crippen molar-refractivity contribution < 1.29 is 29.1 Å². The third-order valence-corrected chi connectivity index (χ3v) is 6.13. The van der Waals surface area contributed by atoms with Crippen molar-refractivity contribution in [1.29, 1.82) is 0 Å². The third kappa shape index (κ3) is 4.98. The summed E-state index contributed by atoms with van der Waals surface area (Å²) in [4.78, 5) is 63.6. The standard InChI is InChI=1S/C25H25N3O6/c29-21-11-10-20(27(21)15-17-4-2-1-3-5-17)24(32)26-19(25(33)34)14-16-6-8-18(9-7-16)28-22(30)12-13-23(28)31/h1-9,19-20H,10-15H2,(H,26,32)(H,33,34)/t19-,20-/m0/s1. The molecule has 2 aliphatic heterocycles. The van der Waals surface area contributed by atoms with Gasteiger partial charge in [-0.2, -0.15) is 0 Å². The van der Waals surface area contributed by atoms with Crippen LogP contribution in [-0.2, 0) is 36.9 Å². The highest BCUT2D eigenvalue weighted by Gasteiger charge is 2.37. The molecule has 0 unspecified atom stereocenters. The molecule has 2 saturated heterocycles. The number of rotatable bonds is 8. The molecule has 2 atom stereocenters. The van der Waals surface area contributed by atoms with Gasteiger partial charge in [0.1, 0.15) is 12.1 Å². The summed E-state index contributed by atoms with van der Waals surface area (Å²) in [5.41, 5.74) is 1.95. The number of benzene rings is 2. The zero-order valence-corrected chi connectivity index (χ0v) is 18.5. The van der Waals surface area contributed by atoms with Crippen LogP contribution in [0, 0.1) is 0 Å². The van der Waals surface area contributed by atoms with Gasteiger partial charge in [0.15, 0.2) is 0 Å².